The number of hydrogen-bond acceptors (Lipinski definition) is 15. The summed E-state index contributed by atoms with van der Waals surface area (Å²) in [6.07, 6.45) is 0.882. The quantitative estimate of drug-likeness (QED) is 0.259. The first kappa shape index (κ1) is 36.6. The first-order valence-corrected chi connectivity index (χ1v) is 19.9. The number of rotatable bonds is 3. The molecule has 8 atom stereocenters. The van der Waals surface area contributed by atoms with Crippen LogP contribution in [-0.4, -0.2) is 101 Å². The smallest absolute Gasteiger partial charge is 0.332 e. The number of benzene rings is 3. The Labute approximate surface area is 325 Å². The van der Waals surface area contributed by atoms with Crippen molar-refractivity contribution in [3.05, 3.63) is 62.7 Å². The highest BCUT2D eigenvalue weighted by molar-refractivity contribution is 7.85. The minimum absolute atomic E-state index is 0.0492. The van der Waals surface area contributed by atoms with Crippen molar-refractivity contribution in [1.29, 1.82) is 5.26 Å². The van der Waals surface area contributed by atoms with E-state index >= 15 is 4.21 Å². The number of nitrogens with zero attached hydrogens (tertiary/aromatic N) is 3. The number of piperazine rings is 1. The predicted molar refractivity (Wildman–Crippen MR) is 199 cm³/mol. The van der Waals surface area contributed by atoms with Crippen LogP contribution in [0.1, 0.15) is 68.8 Å². The molecule has 15 nitrogen and oxygen atoms in total. The van der Waals surface area contributed by atoms with Crippen LogP contribution >= 0.6 is 0 Å². The lowest BCUT2D eigenvalue weighted by Gasteiger charge is -2.61. The van der Waals surface area contributed by atoms with Gasteiger partial charge in [-0.2, -0.15) is 5.26 Å². The molecule has 0 aliphatic carbocycles. The van der Waals surface area contributed by atoms with Crippen molar-refractivity contribution in [1.82, 2.24) is 15.1 Å². The van der Waals surface area contributed by atoms with Gasteiger partial charge in [0.15, 0.2) is 40.0 Å². The summed E-state index contributed by atoms with van der Waals surface area (Å²) < 4.78 is 51.8. The Morgan fingerprint density at radius 2 is 1.82 bits per heavy atom. The SMILES string of the molecule is COc1cc2c(cc1O)CCN[C@]21CS(=O)[C@H]2c3c(OC(C)=O)c(C)c4c(c3[C@H](COC1=O)N1[C@@H]2[C@@H]2c3c(cc(C)c(OC)c3O)C[C@H]([C@@H]1C#N)N2C)OCO4. The van der Waals surface area contributed by atoms with Gasteiger partial charge in [0.05, 0.1) is 49.4 Å². The monoisotopic (exact) mass is 786 g/mol. The van der Waals surface area contributed by atoms with Gasteiger partial charge in [0.1, 0.15) is 18.4 Å². The first-order chi connectivity index (χ1) is 26.9. The number of fused-ring (bicyclic) bond motifs is 9. The summed E-state index contributed by atoms with van der Waals surface area (Å²) in [7, 11) is 2.75. The van der Waals surface area contributed by atoms with Crippen molar-refractivity contribution >= 4 is 22.7 Å². The second kappa shape index (κ2) is 13.0. The molecule has 7 aliphatic rings. The minimum Gasteiger partial charge on any atom is -0.504 e. The van der Waals surface area contributed by atoms with E-state index in [0.29, 0.717) is 70.0 Å². The fourth-order valence-electron chi connectivity index (χ4n) is 10.4. The van der Waals surface area contributed by atoms with Crippen molar-refractivity contribution in [2.24, 2.45) is 0 Å². The summed E-state index contributed by atoms with van der Waals surface area (Å²) in [5.74, 6) is -0.469. The van der Waals surface area contributed by atoms with Crippen LogP contribution in [0.15, 0.2) is 18.2 Å². The number of nitrogens with one attached hydrogen (secondary N) is 1. The summed E-state index contributed by atoms with van der Waals surface area (Å²) in [6.45, 7) is 4.79. The van der Waals surface area contributed by atoms with Crippen molar-refractivity contribution in [2.45, 2.75) is 74.6 Å². The van der Waals surface area contributed by atoms with Crippen LogP contribution in [0.25, 0.3) is 0 Å². The molecule has 3 aromatic carbocycles. The molecule has 1 unspecified atom stereocenters. The summed E-state index contributed by atoms with van der Waals surface area (Å²) in [4.78, 5) is 31.8. The van der Waals surface area contributed by atoms with Crippen LogP contribution in [0, 0.1) is 25.2 Å². The number of aromatic hydroxyl groups is 2. The number of esters is 2. The van der Waals surface area contributed by atoms with Crippen molar-refractivity contribution in [3.8, 4) is 46.3 Å². The van der Waals surface area contributed by atoms with E-state index in [1.165, 1.54) is 21.1 Å². The third-order valence-electron chi connectivity index (χ3n) is 12.6. The third kappa shape index (κ3) is 4.87. The van der Waals surface area contributed by atoms with Gasteiger partial charge in [0.2, 0.25) is 6.79 Å². The van der Waals surface area contributed by atoms with E-state index in [9.17, 15) is 25.1 Å². The van der Waals surface area contributed by atoms with Gasteiger partial charge in [-0.25, -0.2) is 4.79 Å². The largest absolute Gasteiger partial charge is 0.504 e. The molecule has 10 rings (SSSR count). The van der Waals surface area contributed by atoms with Gasteiger partial charge >= 0.3 is 11.9 Å². The molecule has 56 heavy (non-hydrogen) atoms. The van der Waals surface area contributed by atoms with Crippen LogP contribution in [0.3, 0.4) is 0 Å². The molecule has 0 amide bonds. The molecule has 2 saturated heterocycles. The fraction of sp³-hybridized carbons (Fsp3) is 0.475. The number of ether oxygens (including phenoxy) is 6. The lowest BCUT2D eigenvalue weighted by Crippen LogP contribution is -2.70. The van der Waals surface area contributed by atoms with E-state index in [1.807, 2.05) is 24.9 Å². The summed E-state index contributed by atoms with van der Waals surface area (Å²) in [6, 6.07) is 4.10. The Balaban J connectivity index is 1.36. The highest BCUT2D eigenvalue weighted by Gasteiger charge is 2.63. The molecule has 7 heterocycles. The molecule has 3 aromatic rings. The molecular weight excluding hydrogens is 745 g/mol. The Hall–Kier alpha value is -5.08. The number of carbonyl (C=O) groups is 2. The lowest BCUT2D eigenvalue weighted by molar-refractivity contribution is -0.157. The molecule has 294 valence electrons. The van der Waals surface area contributed by atoms with E-state index in [2.05, 4.69) is 16.3 Å². The van der Waals surface area contributed by atoms with E-state index in [0.717, 1.165) is 11.1 Å². The Morgan fingerprint density at radius 3 is 2.54 bits per heavy atom. The molecule has 1 spiro atoms. The molecule has 0 radical (unpaired) electrons. The number of hydrogen-bond donors (Lipinski definition) is 3. The molecule has 0 aromatic heterocycles. The van der Waals surface area contributed by atoms with Gasteiger partial charge in [-0.15, -0.1) is 0 Å². The van der Waals surface area contributed by atoms with Gasteiger partial charge in [-0.05, 0) is 68.1 Å². The topological polar surface area (TPSA) is 189 Å². The van der Waals surface area contributed by atoms with Crippen molar-refractivity contribution < 1.29 is 52.4 Å². The molecule has 2 fully saturated rings. The minimum atomic E-state index is -2.06. The van der Waals surface area contributed by atoms with Crippen molar-refractivity contribution in [3.63, 3.8) is 0 Å². The second-order valence-corrected chi connectivity index (χ2v) is 16.9. The van der Waals surface area contributed by atoms with Gasteiger partial charge < -0.3 is 38.6 Å². The number of nitriles is 1. The van der Waals surface area contributed by atoms with E-state index in [-0.39, 0.29) is 48.2 Å². The van der Waals surface area contributed by atoms with E-state index in [1.54, 1.807) is 19.1 Å². The average Bonchev–Trinajstić information content (AvgIpc) is 3.65. The molecule has 4 bridgehead atoms. The number of carbonyl (C=O) groups excluding carboxylic acids is 2. The first-order valence-electron chi connectivity index (χ1n) is 18.5. The number of aryl methyl sites for hydroxylation is 1. The van der Waals surface area contributed by atoms with Gasteiger partial charge in [-0.3, -0.25) is 24.1 Å². The summed E-state index contributed by atoms with van der Waals surface area (Å²) in [5, 5.41) is 36.2. The molecule has 3 N–H and O–H groups in total. The Morgan fingerprint density at radius 1 is 1.05 bits per heavy atom. The zero-order valence-corrected chi connectivity index (χ0v) is 32.6. The zero-order chi connectivity index (χ0) is 39.5. The molecule has 16 heteroatoms. The normalized spacial score (nSPS) is 29.9. The third-order valence-corrected chi connectivity index (χ3v) is 14.4. The van der Waals surface area contributed by atoms with Gasteiger partial charge in [-0.1, -0.05) is 6.07 Å². The van der Waals surface area contributed by atoms with Gasteiger partial charge in [0.25, 0.3) is 0 Å². The maximum atomic E-state index is 16.0. The predicted octanol–water partition coefficient (Wildman–Crippen LogP) is 3.00. The van der Waals surface area contributed by atoms with Crippen LogP contribution in [-0.2, 0) is 43.5 Å². The number of methoxy groups -OCH3 is 2. The van der Waals surface area contributed by atoms with Crippen LogP contribution in [0.2, 0.25) is 0 Å². The molecular formula is C40H42N4O11S. The highest BCUT2D eigenvalue weighted by Crippen LogP contribution is 2.63. The van der Waals surface area contributed by atoms with Crippen LogP contribution in [0.5, 0.6) is 40.2 Å². The van der Waals surface area contributed by atoms with Crippen molar-refractivity contribution in [2.75, 3.05) is 47.0 Å². The molecule has 0 saturated carbocycles. The number of likely N-dealkylation sites (N-methyl/N-ethyl adjacent to an activating group) is 1. The Bertz CT molecular complexity index is 2310. The van der Waals surface area contributed by atoms with E-state index < -0.39 is 57.7 Å². The molecule has 7 aliphatic heterocycles. The zero-order valence-electron chi connectivity index (χ0n) is 31.8. The second-order valence-electron chi connectivity index (χ2n) is 15.3. The summed E-state index contributed by atoms with van der Waals surface area (Å²) in [5.41, 5.74) is 2.99. The maximum absolute atomic E-state index is 16.0. The summed E-state index contributed by atoms with van der Waals surface area (Å²) >= 11 is 0. The number of phenolic OH excluding ortho intramolecular Hbond substituents is 2. The van der Waals surface area contributed by atoms with Gasteiger partial charge in [0, 0.05) is 52.6 Å². The lowest BCUT2D eigenvalue weighted by atomic mass is 9.71. The Kier molecular flexibility index (Phi) is 8.48. The highest BCUT2D eigenvalue weighted by atomic mass is 32.2. The fourth-order valence-corrected chi connectivity index (χ4v) is 12.5. The standard InChI is InChI=1S/C40H42N4O11S/c1-17-9-21-10-23-24(13-41)44-25-14-52-39(48)40(22-12-27(50-5)26(46)11-20(22)7-8-42-40)15-56(49)38(32(44)31(43(23)4)28(21)33(47)34(17)51-6)30-29(25)37-36(53-16-54-37)18(2)35(30)55-19(3)45/h9,11-12,23-25,31-32,38,42,46-47H,7-8,10,14-16H2,1-6H3/t23-,24+,25+,31+,32-,38+,40-,56?/m1/s1. The number of phenols is 2. The average molecular weight is 787 g/mol. The van der Waals surface area contributed by atoms with E-state index in [4.69, 9.17) is 28.4 Å². The van der Waals surface area contributed by atoms with Crippen LogP contribution in [0.4, 0.5) is 0 Å². The van der Waals surface area contributed by atoms with Crippen LogP contribution < -0.4 is 29.0 Å². The maximum Gasteiger partial charge on any atom is 0.332 e.